The number of hydrogen-bond acceptors (Lipinski definition) is 4. The van der Waals surface area contributed by atoms with Gasteiger partial charge in [-0.15, -0.1) is 24.0 Å². The van der Waals surface area contributed by atoms with Gasteiger partial charge in [0.05, 0.1) is 18.8 Å². The first kappa shape index (κ1) is 22.0. The number of carbonyl (C=O) groups is 1. The predicted molar refractivity (Wildman–Crippen MR) is 117 cm³/mol. The van der Waals surface area contributed by atoms with E-state index in [0.29, 0.717) is 12.5 Å². The zero-order valence-corrected chi connectivity index (χ0v) is 18.5. The third-order valence-electron chi connectivity index (χ3n) is 5.26. The molecule has 0 bridgehead atoms. The van der Waals surface area contributed by atoms with E-state index in [1.165, 1.54) is 19.3 Å². The molecule has 0 saturated carbocycles. The number of piperidine rings is 1. The fourth-order valence-electron chi connectivity index (χ4n) is 3.77. The Morgan fingerprint density at radius 1 is 1.15 bits per heavy atom. The molecule has 2 aliphatic heterocycles. The fourth-order valence-corrected chi connectivity index (χ4v) is 3.77. The van der Waals surface area contributed by atoms with Gasteiger partial charge in [-0.2, -0.15) is 0 Å². The highest BCUT2D eigenvalue weighted by atomic mass is 127. The molecule has 1 aromatic heterocycles. The number of furan rings is 1. The number of guanidine groups is 1. The summed E-state index contributed by atoms with van der Waals surface area (Å²) in [6.07, 6.45) is 7.63. The van der Waals surface area contributed by atoms with Gasteiger partial charge in [0.15, 0.2) is 5.96 Å². The summed E-state index contributed by atoms with van der Waals surface area (Å²) in [5, 5.41) is 6.52. The van der Waals surface area contributed by atoms with E-state index in [1.54, 1.807) is 13.3 Å². The summed E-state index contributed by atoms with van der Waals surface area (Å²) in [4.78, 5) is 21.0. The summed E-state index contributed by atoms with van der Waals surface area (Å²) in [7, 11) is 1.73. The lowest BCUT2D eigenvalue weighted by atomic mass is 10.1. The molecule has 1 unspecified atom stereocenters. The molecular weight excluding hydrogens is 457 g/mol. The van der Waals surface area contributed by atoms with Crippen LogP contribution in [-0.2, 0) is 4.79 Å². The summed E-state index contributed by atoms with van der Waals surface area (Å²) in [5.74, 6) is 1.78. The maximum absolute atomic E-state index is 12.3. The highest BCUT2D eigenvalue weighted by Crippen LogP contribution is 2.24. The van der Waals surface area contributed by atoms with Crippen molar-refractivity contribution in [3.8, 4) is 0 Å². The van der Waals surface area contributed by atoms with Gasteiger partial charge in [-0.1, -0.05) is 0 Å². The van der Waals surface area contributed by atoms with Crippen molar-refractivity contribution in [3.63, 3.8) is 0 Å². The number of halogens is 1. The quantitative estimate of drug-likeness (QED) is 0.364. The minimum atomic E-state index is 0. The number of amides is 1. The smallest absolute Gasteiger partial charge is 0.241 e. The van der Waals surface area contributed by atoms with Crippen LogP contribution in [0.5, 0.6) is 0 Å². The average molecular weight is 489 g/mol. The van der Waals surface area contributed by atoms with Crippen molar-refractivity contribution in [2.75, 3.05) is 46.3 Å². The van der Waals surface area contributed by atoms with Crippen LogP contribution >= 0.6 is 24.0 Å². The first-order valence-corrected chi connectivity index (χ1v) is 9.77. The Kier molecular flexibility index (Phi) is 9.40. The minimum absolute atomic E-state index is 0. The van der Waals surface area contributed by atoms with E-state index in [-0.39, 0.29) is 42.5 Å². The molecule has 2 saturated heterocycles. The molecule has 7 nitrogen and oxygen atoms in total. The highest BCUT2D eigenvalue weighted by molar-refractivity contribution is 14.0. The van der Waals surface area contributed by atoms with Crippen LogP contribution in [0.15, 0.2) is 27.8 Å². The second-order valence-electron chi connectivity index (χ2n) is 7.02. The maximum Gasteiger partial charge on any atom is 0.241 e. The Labute approximate surface area is 179 Å². The molecule has 2 aliphatic rings. The van der Waals surface area contributed by atoms with Crippen molar-refractivity contribution in [2.45, 2.75) is 38.1 Å². The normalized spacial score (nSPS) is 19.4. The molecule has 2 N–H and O–H groups in total. The minimum Gasteiger partial charge on any atom is -0.468 e. The SMILES string of the molecule is CN=C(NCC(=O)N1CCCCC1)NCC(c1ccco1)N1CCCC1.I. The predicted octanol–water partition coefficient (Wildman–Crippen LogP) is 2.21. The van der Waals surface area contributed by atoms with E-state index in [0.717, 1.165) is 44.8 Å². The molecule has 3 heterocycles. The number of aliphatic imine (C=N–C) groups is 1. The number of carbonyl (C=O) groups excluding carboxylic acids is 1. The zero-order chi connectivity index (χ0) is 18.2. The third kappa shape index (κ3) is 6.38. The topological polar surface area (TPSA) is 73.1 Å². The summed E-state index contributed by atoms with van der Waals surface area (Å²) in [5.41, 5.74) is 0. The van der Waals surface area contributed by atoms with Crippen molar-refractivity contribution in [2.24, 2.45) is 4.99 Å². The van der Waals surface area contributed by atoms with Crippen LogP contribution in [-0.4, -0.2) is 68.0 Å². The van der Waals surface area contributed by atoms with Crippen molar-refractivity contribution >= 4 is 35.8 Å². The zero-order valence-electron chi connectivity index (χ0n) is 16.2. The van der Waals surface area contributed by atoms with Gasteiger partial charge < -0.3 is 20.0 Å². The monoisotopic (exact) mass is 489 g/mol. The molecule has 8 heteroatoms. The Hall–Kier alpha value is -1.29. The summed E-state index contributed by atoms with van der Waals surface area (Å²) >= 11 is 0. The van der Waals surface area contributed by atoms with Gasteiger partial charge in [0.25, 0.3) is 0 Å². The van der Waals surface area contributed by atoms with Crippen LogP contribution < -0.4 is 10.6 Å². The number of nitrogens with one attached hydrogen (secondary N) is 2. The van der Waals surface area contributed by atoms with Crippen LogP contribution in [0.2, 0.25) is 0 Å². The standard InChI is InChI=1S/C19H31N5O2.HI/c1-20-19(22-15-18(25)24-11-3-2-4-12-24)21-14-16(17-8-7-13-26-17)23-9-5-6-10-23;/h7-8,13,16H,2-6,9-12,14-15H2,1H3,(H2,20,21,22);1H. The van der Waals surface area contributed by atoms with Crippen molar-refractivity contribution in [1.29, 1.82) is 0 Å². The van der Waals surface area contributed by atoms with Crippen LogP contribution in [0.3, 0.4) is 0 Å². The first-order chi connectivity index (χ1) is 12.8. The van der Waals surface area contributed by atoms with Crippen molar-refractivity contribution < 1.29 is 9.21 Å². The second-order valence-corrected chi connectivity index (χ2v) is 7.02. The first-order valence-electron chi connectivity index (χ1n) is 9.77. The number of nitrogens with zero attached hydrogens (tertiary/aromatic N) is 3. The van der Waals surface area contributed by atoms with Crippen LogP contribution in [0.4, 0.5) is 0 Å². The van der Waals surface area contributed by atoms with E-state index in [9.17, 15) is 4.79 Å². The molecule has 27 heavy (non-hydrogen) atoms. The van der Waals surface area contributed by atoms with Gasteiger partial charge >= 0.3 is 0 Å². The molecule has 0 spiro atoms. The van der Waals surface area contributed by atoms with Gasteiger partial charge in [0, 0.05) is 26.7 Å². The molecular formula is C19H32IN5O2. The van der Waals surface area contributed by atoms with Crippen LogP contribution in [0.1, 0.15) is 43.9 Å². The molecule has 1 aromatic rings. The number of likely N-dealkylation sites (tertiary alicyclic amines) is 2. The summed E-state index contributed by atoms with van der Waals surface area (Å²) in [6, 6.07) is 4.15. The fraction of sp³-hybridized carbons (Fsp3) is 0.684. The van der Waals surface area contributed by atoms with Gasteiger partial charge in [0.1, 0.15) is 5.76 Å². The number of rotatable bonds is 6. The second kappa shape index (κ2) is 11.5. The maximum atomic E-state index is 12.3. The van der Waals surface area contributed by atoms with E-state index >= 15 is 0 Å². The number of hydrogen-bond donors (Lipinski definition) is 2. The van der Waals surface area contributed by atoms with E-state index in [4.69, 9.17) is 4.42 Å². The summed E-state index contributed by atoms with van der Waals surface area (Å²) < 4.78 is 5.65. The lowest BCUT2D eigenvalue weighted by Crippen LogP contribution is -2.47. The van der Waals surface area contributed by atoms with Gasteiger partial charge in [-0.05, 0) is 57.3 Å². The Morgan fingerprint density at radius 3 is 2.48 bits per heavy atom. The molecule has 2 fully saturated rings. The highest BCUT2D eigenvalue weighted by Gasteiger charge is 2.25. The third-order valence-corrected chi connectivity index (χ3v) is 5.26. The molecule has 1 amide bonds. The lowest BCUT2D eigenvalue weighted by molar-refractivity contribution is -0.130. The van der Waals surface area contributed by atoms with Gasteiger partial charge in [-0.3, -0.25) is 14.7 Å². The van der Waals surface area contributed by atoms with Gasteiger partial charge in [-0.25, -0.2) is 0 Å². The Balaban J connectivity index is 0.00000261. The van der Waals surface area contributed by atoms with Crippen molar-refractivity contribution in [1.82, 2.24) is 20.4 Å². The molecule has 152 valence electrons. The molecule has 0 radical (unpaired) electrons. The van der Waals surface area contributed by atoms with Crippen molar-refractivity contribution in [3.05, 3.63) is 24.2 Å². The average Bonchev–Trinajstić information content (AvgIpc) is 3.39. The van der Waals surface area contributed by atoms with E-state index < -0.39 is 0 Å². The van der Waals surface area contributed by atoms with Gasteiger partial charge in [0.2, 0.25) is 5.91 Å². The molecule has 3 rings (SSSR count). The molecule has 0 aliphatic carbocycles. The molecule has 1 atom stereocenters. The van der Waals surface area contributed by atoms with E-state index in [2.05, 4.69) is 20.5 Å². The van der Waals surface area contributed by atoms with Crippen LogP contribution in [0.25, 0.3) is 0 Å². The lowest BCUT2D eigenvalue weighted by Gasteiger charge is -2.28. The largest absolute Gasteiger partial charge is 0.468 e. The Bertz CT molecular complexity index is 581. The summed E-state index contributed by atoms with van der Waals surface area (Å²) in [6.45, 7) is 4.92. The Morgan fingerprint density at radius 2 is 1.85 bits per heavy atom. The molecule has 0 aromatic carbocycles. The van der Waals surface area contributed by atoms with Crippen LogP contribution in [0, 0.1) is 0 Å². The van der Waals surface area contributed by atoms with E-state index in [1.807, 2.05) is 17.0 Å².